The molecule has 1 aliphatic rings. The lowest BCUT2D eigenvalue weighted by Crippen LogP contribution is -2.44. The maximum atomic E-state index is 13.4. The van der Waals surface area contributed by atoms with Crippen molar-refractivity contribution in [3.8, 4) is 0 Å². The number of halogens is 2. The Morgan fingerprint density at radius 2 is 1.95 bits per heavy atom. The summed E-state index contributed by atoms with van der Waals surface area (Å²) in [6, 6.07) is 2.68. The molecule has 114 valence electrons. The van der Waals surface area contributed by atoms with E-state index in [0.717, 1.165) is 25.0 Å². The Kier molecular flexibility index (Phi) is 5.21. The molecule has 1 aromatic rings. The molecule has 1 aliphatic heterocycles. The number of nitrogens with one attached hydrogen (secondary N) is 2. The van der Waals surface area contributed by atoms with Crippen molar-refractivity contribution in [2.24, 2.45) is 0 Å². The van der Waals surface area contributed by atoms with Gasteiger partial charge in [-0.1, -0.05) is 0 Å². The van der Waals surface area contributed by atoms with Gasteiger partial charge in [-0.25, -0.2) is 8.78 Å². The van der Waals surface area contributed by atoms with Crippen LogP contribution in [0.3, 0.4) is 0 Å². The molecule has 0 aliphatic carbocycles. The van der Waals surface area contributed by atoms with Crippen LogP contribution in [0.15, 0.2) is 18.2 Å². The Balaban J connectivity index is 1.81. The number of amides is 2. The zero-order chi connectivity index (χ0) is 15.2. The number of hydrogen-bond donors (Lipinski definition) is 2. The molecule has 21 heavy (non-hydrogen) atoms. The second-order valence-corrected chi connectivity index (χ2v) is 4.76. The molecule has 7 heteroatoms. The third-order valence-corrected chi connectivity index (χ3v) is 3.17. The third-order valence-electron chi connectivity index (χ3n) is 3.17. The normalized spacial score (nSPS) is 15.5. The van der Waals surface area contributed by atoms with E-state index in [1.54, 1.807) is 0 Å². The maximum Gasteiger partial charge on any atom is 0.254 e. The van der Waals surface area contributed by atoms with Gasteiger partial charge in [-0.15, -0.1) is 0 Å². The highest BCUT2D eigenvalue weighted by Crippen LogP contribution is 2.09. The van der Waals surface area contributed by atoms with E-state index in [0.29, 0.717) is 19.3 Å². The van der Waals surface area contributed by atoms with Crippen LogP contribution >= 0.6 is 0 Å². The monoisotopic (exact) mass is 298 g/mol. The van der Waals surface area contributed by atoms with Crippen LogP contribution in [0, 0.1) is 11.6 Å². The first-order valence-electron chi connectivity index (χ1n) is 6.66. The highest BCUT2D eigenvalue weighted by molar-refractivity contribution is 5.96. The van der Waals surface area contributed by atoms with Gasteiger partial charge >= 0.3 is 0 Å². The van der Waals surface area contributed by atoms with Crippen molar-refractivity contribution in [1.82, 2.24) is 10.6 Å². The molecule has 0 radical (unpaired) electrons. The Hall–Kier alpha value is -2.02. The summed E-state index contributed by atoms with van der Waals surface area (Å²) in [6.45, 7) is 0.934. The summed E-state index contributed by atoms with van der Waals surface area (Å²) < 4.78 is 31.3. The Morgan fingerprint density at radius 1 is 1.24 bits per heavy atom. The van der Waals surface area contributed by atoms with E-state index in [-0.39, 0.29) is 24.1 Å². The summed E-state index contributed by atoms with van der Waals surface area (Å²) in [4.78, 5) is 23.4. The number of hydrogen-bond acceptors (Lipinski definition) is 3. The van der Waals surface area contributed by atoms with E-state index in [1.807, 2.05) is 0 Å². The first-order chi connectivity index (χ1) is 10.1. The van der Waals surface area contributed by atoms with Crippen molar-refractivity contribution >= 4 is 11.8 Å². The summed E-state index contributed by atoms with van der Waals surface area (Å²) in [5.74, 6) is -2.83. The molecule has 0 bridgehead atoms. The van der Waals surface area contributed by atoms with Crippen LogP contribution < -0.4 is 10.6 Å². The van der Waals surface area contributed by atoms with Crippen LogP contribution in [-0.4, -0.2) is 37.6 Å². The van der Waals surface area contributed by atoms with Gasteiger partial charge in [-0.3, -0.25) is 9.59 Å². The SMILES string of the molecule is O=C(CNC(=O)c1ccc(F)cc1F)NC1CCOCC1. The van der Waals surface area contributed by atoms with E-state index >= 15 is 0 Å². The van der Waals surface area contributed by atoms with Gasteiger partial charge in [-0.05, 0) is 25.0 Å². The van der Waals surface area contributed by atoms with Gasteiger partial charge in [0.1, 0.15) is 11.6 Å². The van der Waals surface area contributed by atoms with Gasteiger partial charge in [0.25, 0.3) is 5.91 Å². The van der Waals surface area contributed by atoms with Crippen LogP contribution in [0.4, 0.5) is 8.78 Å². The molecule has 0 aromatic heterocycles. The molecule has 1 fully saturated rings. The van der Waals surface area contributed by atoms with Crippen LogP contribution in [0.25, 0.3) is 0 Å². The van der Waals surface area contributed by atoms with Crippen LogP contribution in [0.1, 0.15) is 23.2 Å². The fourth-order valence-electron chi connectivity index (χ4n) is 2.05. The summed E-state index contributed by atoms with van der Waals surface area (Å²) in [6.07, 6.45) is 1.46. The van der Waals surface area contributed by atoms with E-state index in [4.69, 9.17) is 4.74 Å². The molecule has 2 rings (SSSR count). The smallest absolute Gasteiger partial charge is 0.254 e. The molecular formula is C14H16F2N2O3. The molecule has 2 amide bonds. The number of carbonyl (C=O) groups is 2. The number of carbonyl (C=O) groups excluding carboxylic acids is 2. The zero-order valence-electron chi connectivity index (χ0n) is 11.3. The topological polar surface area (TPSA) is 67.4 Å². The molecule has 0 saturated carbocycles. The number of rotatable bonds is 4. The van der Waals surface area contributed by atoms with Gasteiger partial charge in [0.15, 0.2) is 0 Å². The third kappa shape index (κ3) is 4.49. The minimum Gasteiger partial charge on any atom is -0.381 e. The summed E-state index contributed by atoms with van der Waals surface area (Å²) in [5, 5.41) is 5.07. The lowest BCUT2D eigenvalue weighted by atomic mass is 10.1. The van der Waals surface area contributed by atoms with E-state index in [9.17, 15) is 18.4 Å². The minimum atomic E-state index is -0.961. The average molecular weight is 298 g/mol. The Bertz CT molecular complexity index is 531. The minimum absolute atomic E-state index is 0.0331. The summed E-state index contributed by atoms with van der Waals surface area (Å²) >= 11 is 0. The van der Waals surface area contributed by atoms with Crippen LogP contribution in [0.5, 0.6) is 0 Å². The lowest BCUT2D eigenvalue weighted by molar-refractivity contribution is -0.121. The molecule has 1 aromatic carbocycles. The first kappa shape index (κ1) is 15.4. The molecule has 0 atom stereocenters. The zero-order valence-corrected chi connectivity index (χ0v) is 11.3. The fraction of sp³-hybridized carbons (Fsp3) is 0.429. The van der Waals surface area contributed by atoms with Gasteiger partial charge in [-0.2, -0.15) is 0 Å². The first-order valence-corrected chi connectivity index (χ1v) is 6.66. The fourth-order valence-corrected chi connectivity index (χ4v) is 2.05. The van der Waals surface area contributed by atoms with Gasteiger partial charge in [0, 0.05) is 25.3 Å². The van der Waals surface area contributed by atoms with Crippen molar-refractivity contribution in [1.29, 1.82) is 0 Å². The van der Waals surface area contributed by atoms with E-state index in [2.05, 4.69) is 10.6 Å². The standard InChI is InChI=1S/C14H16F2N2O3/c15-9-1-2-11(12(16)7-9)14(20)17-8-13(19)18-10-3-5-21-6-4-10/h1-2,7,10H,3-6,8H2,(H,17,20)(H,18,19). The predicted molar refractivity (Wildman–Crippen MR) is 70.7 cm³/mol. The lowest BCUT2D eigenvalue weighted by Gasteiger charge is -2.23. The van der Waals surface area contributed by atoms with Crippen LogP contribution in [-0.2, 0) is 9.53 Å². The second kappa shape index (κ2) is 7.12. The average Bonchev–Trinajstić information content (AvgIpc) is 2.46. The molecule has 0 unspecified atom stereocenters. The molecule has 0 spiro atoms. The maximum absolute atomic E-state index is 13.4. The van der Waals surface area contributed by atoms with E-state index in [1.165, 1.54) is 0 Å². The van der Waals surface area contributed by atoms with Crippen LogP contribution in [0.2, 0.25) is 0 Å². The Morgan fingerprint density at radius 3 is 2.62 bits per heavy atom. The van der Waals surface area contributed by atoms with Gasteiger partial charge in [0.05, 0.1) is 12.1 Å². The molecule has 1 saturated heterocycles. The Labute approximate surface area is 120 Å². The molecule has 1 heterocycles. The van der Waals surface area contributed by atoms with Crippen molar-refractivity contribution < 1.29 is 23.1 Å². The summed E-state index contributed by atoms with van der Waals surface area (Å²) in [7, 11) is 0. The van der Waals surface area contributed by atoms with Crippen molar-refractivity contribution in [2.45, 2.75) is 18.9 Å². The number of ether oxygens (including phenoxy) is 1. The highest BCUT2D eigenvalue weighted by Gasteiger charge is 2.17. The second-order valence-electron chi connectivity index (χ2n) is 4.76. The molecule has 5 nitrogen and oxygen atoms in total. The summed E-state index contributed by atoms with van der Waals surface area (Å²) in [5.41, 5.74) is -0.296. The molecule has 2 N–H and O–H groups in total. The van der Waals surface area contributed by atoms with Gasteiger partial charge in [0.2, 0.25) is 5.91 Å². The van der Waals surface area contributed by atoms with E-state index < -0.39 is 17.5 Å². The van der Waals surface area contributed by atoms with Gasteiger partial charge < -0.3 is 15.4 Å². The van der Waals surface area contributed by atoms with Crippen molar-refractivity contribution in [3.63, 3.8) is 0 Å². The number of benzene rings is 1. The van der Waals surface area contributed by atoms with Crippen molar-refractivity contribution in [2.75, 3.05) is 19.8 Å². The quantitative estimate of drug-likeness (QED) is 0.871. The predicted octanol–water partition coefficient (Wildman–Crippen LogP) is 0.990. The largest absolute Gasteiger partial charge is 0.381 e. The molecular weight excluding hydrogens is 282 g/mol. The highest BCUT2D eigenvalue weighted by atomic mass is 19.1. The van der Waals surface area contributed by atoms with Crippen molar-refractivity contribution in [3.05, 3.63) is 35.4 Å².